The average Bonchev–Trinajstić information content (AvgIpc) is 3.28. The largest absolute Gasteiger partial charge is 0.322 e. The highest BCUT2D eigenvalue weighted by Crippen LogP contribution is 2.41. The van der Waals surface area contributed by atoms with Gasteiger partial charge in [-0.25, -0.2) is 0 Å². The molecule has 0 spiro atoms. The first-order chi connectivity index (χ1) is 13.3. The van der Waals surface area contributed by atoms with Gasteiger partial charge < -0.3 is 4.90 Å². The van der Waals surface area contributed by atoms with Gasteiger partial charge in [0.2, 0.25) is 0 Å². The highest BCUT2D eigenvalue weighted by Gasteiger charge is 2.37. The van der Waals surface area contributed by atoms with Gasteiger partial charge in [0, 0.05) is 20.9 Å². The number of hydrogen-bond donors (Lipinski definition) is 1. The maximum absolute atomic E-state index is 4.72. The fraction of sp³-hybridized carbons (Fsp3) is 0.261. The Morgan fingerprint density at radius 3 is 2.15 bits per heavy atom. The number of benzene rings is 2. The van der Waals surface area contributed by atoms with Crippen LogP contribution in [0.25, 0.3) is 11.1 Å². The van der Waals surface area contributed by atoms with E-state index in [1.54, 1.807) is 16.2 Å². The van der Waals surface area contributed by atoms with Gasteiger partial charge in [-0.1, -0.05) is 48.5 Å². The van der Waals surface area contributed by atoms with Gasteiger partial charge >= 0.3 is 0 Å². The van der Waals surface area contributed by atoms with E-state index in [4.69, 9.17) is 5.10 Å². The monoisotopic (exact) mass is 374 g/mol. The fourth-order valence-electron chi connectivity index (χ4n) is 4.44. The fourth-order valence-corrected chi connectivity index (χ4v) is 5.19. The molecular weight excluding hydrogens is 350 g/mol. The Labute approximate surface area is 164 Å². The Bertz CT molecular complexity index is 937. The normalized spacial score (nSPS) is 17.4. The van der Waals surface area contributed by atoms with Gasteiger partial charge in [0.15, 0.2) is 0 Å². The summed E-state index contributed by atoms with van der Waals surface area (Å²) in [6, 6.07) is 22.6. The van der Waals surface area contributed by atoms with Crippen LogP contribution in [0.2, 0.25) is 0 Å². The maximum atomic E-state index is 4.72. The Morgan fingerprint density at radius 1 is 0.926 bits per heavy atom. The van der Waals surface area contributed by atoms with Crippen molar-refractivity contribution in [1.82, 2.24) is 5.01 Å². The van der Waals surface area contributed by atoms with Crippen molar-refractivity contribution < 1.29 is 4.90 Å². The molecule has 4 heteroatoms. The summed E-state index contributed by atoms with van der Waals surface area (Å²) in [5.74, 6) is 0. The van der Waals surface area contributed by atoms with Crippen LogP contribution in [-0.2, 0) is 0 Å². The van der Waals surface area contributed by atoms with Crippen molar-refractivity contribution in [1.29, 1.82) is 0 Å². The first-order valence-corrected chi connectivity index (χ1v) is 10.5. The molecule has 3 aromatic rings. The molecule has 0 radical (unpaired) electrons. The zero-order valence-electron chi connectivity index (χ0n) is 15.6. The molecule has 1 aromatic heterocycles. The number of hydrogen-bond acceptors (Lipinski definition) is 3. The number of thiophene rings is 1. The summed E-state index contributed by atoms with van der Waals surface area (Å²) in [6.45, 7) is 6.40. The molecule has 0 atom stereocenters. The van der Waals surface area contributed by atoms with E-state index in [-0.39, 0.29) is 0 Å². The van der Waals surface area contributed by atoms with Gasteiger partial charge in [0.25, 0.3) is 0 Å². The minimum atomic E-state index is 0.462. The van der Waals surface area contributed by atoms with Gasteiger partial charge in [-0.3, -0.25) is 5.01 Å². The van der Waals surface area contributed by atoms with Crippen LogP contribution in [0, 0.1) is 6.92 Å². The Balaban J connectivity index is 1.33. The molecule has 3 nitrogen and oxygen atoms in total. The summed E-state index contributed by atoms with van der Waals surface area (Å²) in [6.07, 6.45) is 2.02. The minimum absolute atomic E-state index is 0.462. The Hall–Kier alpha value is -2.43. The predicted molar refractivity (Wildman–Crippen MR) is 113 cm³/mol. The zero-order chi connectivity index (χ0) is 18.2. The summed E-state index contributed by atoms with van der Waals surface area (Å²) in [5, 5.41) is 6.95. The van der Waals surface area contributed by atoms with E-state index >= 15 is 0 Å². The number of fused-ring (bicyclic) bond motifs is 3. The van der Waals surface area contributed by atoms with Gasteiger partial charge in [0.1, 0.15) is 6.04 Å². The third-order valence-electron chi connectivity index (χ3n) is 5.73. The summed E-state index contributed by atoms with van der Waals surface area (Å²) in [4.78, 5) is 4.23. The van der Waals surface area contributed by atoms with Gasteiger partial charge in [-0.2, -0.15) is 5.10 Å². The van der Waals surface area contributed by atoms with Crippen molar-refractivity contribution in [2.45, 2.75) is 13.0 Å². The number of piperazine rings is 1. The first-order valence-electron chi connectivity index (χ1n) is 9.68. The molecule has 2 aromatic carbocycles. The number of quaternary nitrogens is 1. The molecule has 136 valence electrons. The molecule has 1 N–H and O–H groups in total. The van der Waals surface area contributed by atoms with Gasteiger partial charge in [0.05, 0.1) is 32.4 Å². The van der Waals surface area contributed by atoms with E-state index in [1.165, 1.54) is 32.0 Å². The van der Waals surface area contributed by atoms with E-state index in [0.29, 0.717) is 6.04 Å². The van der Waals surface area contributed by atoms with Crippen LogP contribution in [0.1, 0.15) is 26.9 Å². The van der Waals surface area contributed by atoms with Crippen LogP contribution >= 0.6 is 11.3 Å². The van der Waals surface area contributed by atoms with Crippen LogP contribution in [0.15, 0.2) is 65.8 Å². The molecule has 1 fully saturated rings. The lowest BCUT2D eigenvalue weighted by molar-refractivity contribution is -0.929. The Morgan fingerprint density at radius 2 is 1.56 bits per heavy atom. The van der Waals surface area contributed by atoms with E-state index in [0.717, 1.165) is 26.2 Å². The molecule has 5 rings (SSSR count). The summed E-state index contributed by atoms with van der Waals surface area (Å²) in [7, 11) is 0. The van der Waals surface area contributed by atoms with E-state index in [2.05, 4.69) is 72.6 Å². The number of hydrazone groups is 1. The minimum Gasteiger partial charge on any atom is -0.322 e. The highest BCUT2D eigenvalue weighted by atomic mass is 32.1. The van der Waals surface area contributed by atoms with Crippen molar-refractivity contribution in [3.05, 3.63) is 81.5 Å². The lowest BCUT2D eigenvalue weighted by Crippen LogP contribution is -3.14. The number of nitrogens with one attached hydrogen (secondary N) is 1. The zero-order valence-corrected chi connectivity index (χ0v) is 16.4. The van der Waals surface area contributed by atoms with Crippen LogP contribution in [0.5, 0.6) is 0 Å². The number of nitrogens with zero attached hydrogens (tertiary/aromatic N) is 2. The average molecular weight is 375 g/mol. The van der Waals surface area contributed by atoms with Gasteiger partial charge in [-0.15, -0.1) is 11.3 Å². The summed E-state index contributed by atoms with van der Waals surface area (Å²) >= 11 is 1.80. The maximum Gasteiger partial charge on any atom is 0.140 e. The topological polar surface area (TPSA) is 20.0 Å². The molecular formula is C23H24N3S+. The van der Waals surface area contributed by atoms with E-state index in [9.17, 15) is 0 Å². The second kappa shape index (κ2) is 6.95. The van der Waals surface area contributed by atoms with Crippen LogP contribution < -0.4 is 4.90 Å². The smallest absolute Gasteiger partial charge is 0.140 e. The molecule has 0 saturated carbocycles. The molecule has 2 heterocycles. The van der Waals surface area contributed by atoms with E-state index < -0.39 is 0 Å². The summed E-state index contributed by atoms with van der Waals surface area (Å²) < 4.78 is 0. The van der Waals surface area contributed by atoms with Crippen molar-refractivity contribution in [3.63, 3.8) is 0 Å². The molecule has 2 aliphatic rings. The third kappa shape index (κ3) is 3.09. The lowest BCUT2D eigenvalue weighted by Gasteiger charge is -2.34. The van der Waals surface area contributed by atoms with E-state index in [1.807, 2.05) is 6.21 Å². The van der Waals surface area contributed by atoms with Crippen LogP contribution in [0.4, 0.5) is 0 Å². The second-order valence-electron chi connectivity index (χ2n) is 7.41. The first kappa shape index (κ1) is 16.7. The molecule has 1 aliphatic heterocycles. The molecule has 27 heavy (non-hydrogen) atoms. The molecule has 0 bridgehead atoms. The summed E-state index contributed by atoms with van der Waals surface area (Å²) in [5.41, 5.74) is 5.80. The third-order valence-corrected chi connectivity index (χ3v) is 6.67. The van der Waals surface area contributed by atoms with Crippen molar-refractivity contribution >= 4 is 17.6 Å². The molecule has 1 saturated heterocycles. The molecule has 1 aliphatic carbocycles. The highest BCUT2D eigenvalue weighted by molar-refractivity contribution is 7.13. The SMILES string of the molecule is Cc1ccc(/C=N\N2CC[NH+](C3c4ccccc4-c4ccccc43)CC2)s1. The van der Waals surface area contributed by atoms with Crippen molar-refractivity contribution in [2.75, 3.05) is 26.2 Å². The van der Waals surface area contributed by atoms with Crippen molar-refractivity contribution in [3.8, 4) is 11.1 Å². The second-order valence-corrected chi connectivity index (χ2v) is 8.73. The van der Waals surface area contributed by atoms with Crippen LogP contribution in [0.3, 0.4) is 0 Å². The van der Waals surface area contributed by atoms with Gasteiger partial charge in [-0.05, 0) is 30.2 Å². The molecule has 0 amide bonds. The van der Waals surface area contributed by atoms with Crippen LogP contribution in [-0.4, -0.2) is 37.4 Å². The number of rotatable bonds is 3. The quantitative estimate of drug-likeness (QED) is 0.697. The number of aryl methyl sites for hydroxylation is 1. The predicted octanol–water partition coefficient (Wildman–Crippen LogP) is 3.36. The Kier molecular flexibility index (Phi) is 4.30. The van der Waals surface area contributed by atoms with Crippen molar-refractivity contribution in [2.24, 2.45) is 5.10 Å². The lowest BCUT2D eigenvalue weighted by atomic mass is 10.0. The standard InChI is InChI=1S/C23H23N3S/c1-17-10-11-18(27-17)16-24-26-14-12-25(13-15-26)23-21-8-4-2-6-19(21)20-7-3-5-9-22(20)23/h2-11,16,23H,12-15H2,1H3/p+1/b24-16-. The molecule has 0 unspecified atom stereocenters.